The lowest BCUT2D eigenvalue weighted by Crippen LogP contribution is -2.01. The highest BCUT2D eigenvalue weighted by atomic mass is 79.9. The Morgan fingerprint density at radius 3 is 2.17 bits per heavy atom. The van der Waals surface area contributed by atoms with Crippen molar-refractivity contribution in [2.45, 2.75) is 45.4 Å². The number of rotatable bonds is 8. The Hall–Kier alpha value is -0.640. The maximum atomic E-state index is 13.4. The van der Waals surface area contributed by atoms with Gasteiger partial charge in [-0.05, 0) is 18.6 Å². The molecule has 1 rings (SSSR count). The summed E-state index contributed by atoms with van der Waals surface area (Å²) in [5.74, 6) is -1.59. The summed E-state index contributed by atoms with van der Waals surface area (Å²) in [5, 5.41) is 0. The highest BCUT2D eigenvalue weighted by Gasteiger charge is 2.11. The molecule has 4 heteroatoms. The third-order valence-electron chi connectivity index (χ3n) is 2.71. The first-order valence-electron chi connectivity index (χ1n) is 6.42. The van der Waals surface area contributed by atoms with Crippen LogP contribution in [0, 0.1) is 11.6 Å². The van der Waals surface area contributed by atoms with Gasteiger partial charge < -0.3 is 4.74 Å². The third-order valence-corrected chi connectivity index (χ3v) is 3.17. The molecule has 0 aromatic heterocycles. The molecule has 1 aromatic rings. The highest BCUT2D eigenvalue weighted by molar-refractivity contribution is 9.10. The van der Waals surface area contributed by atoms with Crippen LogP contribution >= 0.6 is 15.9 Å². The van der Waals surface area contributed by atoms with Gasteiger partial charge in [-0.1, -0.05) is 55.0 Å². The molecule has 1 aromatic carbocycles. The Bertz CT molecular complexity index is 346. The van der Waals surface area contributed by atoms with Crippen molar-refractivity contribution in [3.8, 4) is 5.75 Å². The molecule has 0 N–H and O–H groups in total. The van der Waals surface area contributed by atoms with Gasteiger partial charge in [0.15, 0.2) is 17.4 Å². The average Bonchev–Trinajstić information content (AvgIpc) is 2.30. The summed E-state index contributed by atoms with van der Waals surface area (Å²) in [6.07, 6.45) is 6.71. The zero-order valence-electron chi connectivity index (χ0n) is 10.6. The van der Waals surface area contributed by atoms with E-state index in [1.807, 2.05) is 0 Å². The Morgan fingerprint density at radius 2 is 1.56 bits per heavy atom. The summed E-state index contributed by atoms with van der Waals surface area (Å²) in [7, 11) is 0. The number of halogens is 3. The van der Waals surface area contributed by atoms with Crippen LogP contribution in [0.2, 0.25) is 0 Å². The average molecular weight is 321 g/mol. The molecule has 0 fully saturated rings. The van der Waals surface area contributed by atoms with Crippen LogP contribution in [0.1, 0.15) is 45.4 Å². The van der Waals surface area contributed by atoms with Gasteiger partial charge in [0, 0.05) is 4.47 Å². The monoisotopic (exact) mass is 320 g/mol. The fourth-order valence-electron chi connectivity index (χ4n) is 1.72. The van der Waals surface area contributed by atoms with Crippen LogP contribution in [0.5, 0.6) is 5.75 Å². The Balaban J connectivity index is 2.27. The Labute approximate surface area is 116 Å². The van der Waals surface area contributed by atoms with E-state index >= 15 is 0 Å². The number of ether oxygens (including phenoxy) is 1. The van der Waals surface area contributed by atoms with Crippen LogP contribution in [0.25, 0.3) is 0 Å². The van der Waals surface area contributed by atoms with Crippen molar-refractivity contribution in [3.05, 3.63) is 28.2 Å². The van der Waals surface area contributed by atoms with Crippen LogP contribution in [0.4, 0.5) is 8.78 Å². The minimum Gasteiger partial charge on any atom is -0.488 e. The van der Waals surface area contributed by atoms with Crippen molar-refractivity contribution in [2.75, 3.05) is 6.61 Å². The lowest BCUT2D eigenvalue weighted by atomic mass is 10.1. The first-order chi connectivity index (χ1) is 8.65. The van der Waals surface area contributed by atoms with Gasteiger partial charge in [-0.2, -0.15) is 0 Å². The van der Waals surface area contributed by atoms with Crippen LogP contribution in [-0.4, -0.2) is 6.61 Å². The molecule has 0 bridgehead atoms. The fraction of sp³-hybridized carbons (Fsp3) is 0.571. The van der Waals surface area contributed by atoms with Crippen LogP contribution in [-0.2, 0) is 0 Å². The maximum absolute atomic E-state index is 13.4. The number of hydrogen-bond donors (Lipinski definition) is 0. The molecule has 0 spiro atoms. The number of hydrogen-bond acceptors (Lipinski definition) is 1. The third kappa shape index (κ3) is 5.34. The standard InChI is InChI=1S/C14H19BrF2O/c1-2-3-4-5-6-7-8-18-14-12(16)9-11(15)10-13(14)17/h9-10H,2-8H2,1H3. The van der Waals surface area contributed by atoms with Gasteiger partial charge in [-0.15, -0.1) is 0 Å². The van der Waals surface area contributed by atoms with Gasteiger partial charge in [-0.25, -0.2) is 8.78 Å². The smallest absolute Gasteiger partial charge is 0.190 e. The number of benzene rings is 1. The lowest BCUT2D eigenvalue weighted by molar-refractivity contribution is 0.275. The molecule has 0 heterocycles. The molecule has 0 saturated heterocycles. The molecule has 18 heavy (non-hydrogen) atoms. The second-order valence-corrected chi connectivity index (χ2v) is 5.23. The van der Waals surface area contributed by atoms with Crippen molar-refractivity contribution in [1.29, 1.82) is 0 Å². The summed E-state index contributed by atoms with van der Waals surface area (Å²) in [6, 6.07) is 2.42. The summed E-state index contributed by atoms with van der Waals surface area (Å²) in [5.41, 5.74) is 0. The van der Waals surface area contributed by atoms with Crippen molar-refractivity contribution in [1.82, 2.24) is 0 Å². The SMILES string of the molecule is CCCCCCCCOc1c(F)cc(Br)cc1F. The van der Waals surface area contributed by atoms with Crippen LogP contribution in [0.3, 0.4) is 0 Å². The molecule has 1 nitrogen and oxygen atoms in total. The van der Waals surface area contributed by atoms with Gasteiger partial charge in [0.25, 0.3) is 0 Å². The summed E-state index contributed by atoms with van der Waals surface area (Å²) in [6.45, 7) is 2.53. The molecule has 0 unspecified atom stereocenters. The van der Waals surface area contributed by atoms with Gasteiger partial charge in [0.05, 0.1) is 6.61 Å². The van der Waals surface area contributed by atoms with Crippen molar-refractivity contribution >= 4 is 15.9 Å². The van der Waals surface area contributed by atoms with Crippen LogP contribution in [0.15, 0.2) is 16.6 Å². The normalized spacial score (nSPS) is 10.7. The van der Waals surface area contributed by atoms with E-state index < -0.39 is 11.6 Å². The van der Waals surface area contributed by atoms with Gasteiger partial charge in [0.2, 0.25) is 0 Å². The zero-order chi connectivity index (χ0) is 13.4. The second kappa shape index (κ2) is 8.46. The molecular weight excluding hydrogens is 302 g/mol. The minimum absolute atomic E-state index is 0.272. The molecular formula is C14H19BrF2O. The van der Waals surface area contributed by atoms with E-state index in [1.165, 1.54) is 31.4 Å². The van der Waals surface area contributed by atoms with Crippen molar-refractivity contribution in [3.63, 3.8) is 0 Å². The van der Waals surface area contributed by atoms with E-state index in [0.29, 0.717) is 11.1 Å². The molecule has 0 amide bonds. The van der Waals surface area contributed by atoms with Gasteiger partial charge in [-0.3, -0.25) is 0 Å². The predicted octanol–water partition coefficient (Wildman–Crippen LogP) is 5.47. The summed E-state index contributed by atoms with van der Waals surface area (Å²) >= 11 is 3.03. The molecule has 0 aliphatic heterocycles. The van der Waals surface area contributed by atoms with E-state index in [-0.39, 0.29) is 5.75 Å². The molecule has 0 atom stereocenters. The maximum Gasteiger partial charge on any atom is 0.190 e. The Kier molecular flexibility index (Phi) is 7.25. The fourth-order valence-corrected chi connectivity index (χ4v) is 2.13. The van der Waals surface area contributed by atoms with E-state index in [9.17, 15) is 8.78 Å². The van der Waals surface area contributed by atoms with E-state index in [4.69, 9.17) is 4.74 Å². The van der Waals surface area contributed by atoms with Crippen LogP contribution < -0.4 is 4.74 Å². The molecule has 0 radical (unpaired) electrons. The zero-order valence-corrected chi connectivity index (χ0v) is 12.2. The molecule has 0 aliphatic carbocycles. The lowest BCUT2D eigenvalue weighted by Gasteiger charge is -2.08. The van der Waals surface area contributed by atoms with Crippen molar-refractivity contribution in [2.24, 2.45) is 0 Å². The second-order valence-electron chi connectivity index (χ2n) is 4.31. The van der Waals surface area contributed by atoms with E-state index in [2.05, 4.69) is 22.9 Å². The molecule has 0 aliphatic rings. The first kappa shape index (κ1) is 15.4. The van der Waals surface area contributed by atoms with Crippen molar-refractivity contribution < 1.29 is 13.5 Å². The van der Waals surface area contributed by atoms with Gasteiger partial charge in [0.1, 0.15) is 0 Å². The summed E-state index contributed by atoms with van der Waals surface area (Å²) < 4.78 is 32.3. The van der Waals surface area contributed by atoms with Gasteiger partial charge >= 0.3 is 0 Å². The highest BCUT2D eigenvalue weighted by Crippen LogP contribution is 2.26. The van der Waals surface area contributed by atoms with E-state index in [0.717, 1.165) is 19.3 Å². The number of unbranched alkanes of at least 4 members (excludes halogenated alkanes) is 5. The topological polar surface area (TPSA) is 9.23 Å². The summed E-state index contributed by atoms with van der Waals surface area (Å²) in [4.78, 5) is 0. The van der Waals surface area contributed by atoms with E-state index in [1.54, 1.807) is 0 Å². The largest absolute Gasteiger partial charge is 0.488 e. The first-order valence-corrected chi connectivity index (χ1v) is 7.21. The quantitative estimate of drug-likeness (QED) is 0.577. The molecule has 0 saturated carbocycles. The minimum atomic E-state index is -0.659. The molecule has 102 valence electrons. The predicted molar refractivity (Wildman–Crippen MR) is 72.9 cm³/mol. The Morgan fingerprint density at radius 1 is 1.00 bits per heavy atom.